The van der Waals surface area contributed by atoms with Crippen molar-refractivity contribution in [2.24, 2.45) is 5.92 Å². The van der Waals surface area contributed by atoms with E-state index in [1.165, 1.54) is 38.8 Å². The zero-order chi connectivity index (χ0) is 14.3. The fourth-order valence-corrected chi connectivity index (χ4v) is 2.71. The van der Waals surface area contributed by atoms with Gasteiger partial charge >= 0.3 is 0 Å². The molecule has 0 heterocycles. The first-order chi connectivity index (χ1) is 9.06. The summed E-state index contributed by atoms with van der Waals surface area (Å²) in [6.07, 6.45) is 7.34. The maximum absolute atomic E-state index is 9.56. The molecule has 0 bridgehead atoms. The average molecular weight is 270 g/mol. The van der Waals surface area contributed by atoms with Crippen molar-refractivity contribution in [1.82, 2.24) is 10.2 Å². The Hall–Kier alpha value is -0.120. The molecule has 1 atom stereocenters. The van der Waals surface area contributed by atoms with E-state index in [-0.39, 0.29) is 12.1 Å². The molecular formula is C16H34N2O. The molecule has 1 aliphatic carbocycles. The second kappa shape index (κ2) is 8.23. The molecule has 0 aromatic carbocycles. The van der Waals surface area contributed by atoms with Crippen molar-refractivity contribution >= 4 is 0 Å². The van der Waals surface area contributed by atoms with Crippen LogP contribution < -0.4 is 5.32 Å². The molecule has 1 fully saturated rings. The van der Waals surface area contributed by atoms with Crippen molar-refractivity contribution in [3.8, 4) is 0 Å². The van der Waals surface area contributed by atoms with Crippen molar-refractivity contribution in [2.75, 3.05) is 26.7 Å². The van der Waals surface area contributed by atoms with E-state index < -0.39 is 0 Å². The molecule has 114 valence electrons. The smallest absolute Gasteiger partial charge is 0.0613 e. The zero-order valence-corrected chi connectivity index (χ0v) is 13.4. The van der Waals surface area contributed by atoms with Crippen LogP contribution in [0.15, 0.2) is 0 Å². The Labute approximate surface area is 119 Å². The van der Waals surface area contributed by atoms with Gasteiger partial charge in [0.1, 0.15) is 0 Å². The summed E-state index contributed by atoms with van der Waals surface area (Å²) in [6, 6.07) is 0.860. The minimum atomic E-state index is -0.0622. The number of likely N-dealkylation sites (N-methyl/N-ethyl adjacent to an activating group) is 1. The van der Waals surface area contributed by atoms with E-state index in [0.717, 1.165) is 24.8 Å². The summed E-state index contributed by atoms with van der Waals surface area (Å²) in [5.41, 5.74) is -0.0622. The normalized spacial score (nSPS) is 19.1. The van der Waals surface area contributed by atoms with Crippen molar-refractivity contribution in [3.63, 3.8) is 0 Å². The van der Waals surface area contributed by atoms with Crippen LogP contribution in [0.5, 0.6) is 0 Å². The fraction of sp³-hybridized carbons (Fsp3) is 1.00. The Kier molecular flexibility index (Phi) is 7.33. The molecule has 0 saturated heterocycles. The predicted molar refractivity (Wildman–Crippen MR) is 82.5 cm³/mol. The Bertz CT molecular complexity index is 227. The highest BCUT2D eigenvalue weighted by Crippen LogP contribution is 2.28. The van der Waals surface area contributed by atoms with Crippen LogP contribution in [0.1, 0.15) is 59.3 Å². The first kappa shape index (κ1) is 16.9. The number of rotatable bonds is 11. The summed E-state index contributed by atoms with van der Waals surface area (Å²) in [4.78, 5) is 2.67. The average Bonchev–Trinajstić information content (AvgIpc) is 3.23. The minimum Gasteiger partial charge on any atom is -0.394 e. The van der Waals surface area contributed by atoms with Crippen molar-refractivity contribution < 1.29 is 5.11 Å². The molecule has 0 radical (unpaired) electrons. The summed E-state index contributed by atoms with van der Waals surface area (Å²) in [7, 11) is 1.97. The molecule has 0 amide bonds. The molecular weight excluding hydrogens is 236 g/mol. The van der Waals surface area contributed by atoms with E-state index >= 15 is 0 Å². The number of nitrogens with one attached hydrogen (secondary N) is 1. The van der Waals surface area contributed by atoms with Crippen LogP contribution in [-0.2, 0) is 0 Å². The molecule has 1 unspecified atom stereocenters. The molecule has 3 heteroatoms. The summed E-state index contributed by atoms with van der Waals surface area (Å²) in [5.74, 6) is 0.797. The van der Waals surface area contributed by atoms with Crippen LogP contribution in [0.3, 0.4) is 0 Å². The number of hydrogen-bond acceptors (Lipinski definition) is 3. The number of nitrogens with zero attached hydrogens (tertiary/aromatic N) is 1. The molecule has 0 aliphatic heterocycles. The lowest BCUT2D eigenvalue weighted by Crippen LogP contribution is -2.46. The van der Waals surface area contributed by atoms with Crippen molar-refractivity contribution in [1.29, 1.82) is 0 Å². The van der Waals surface area contributed by atoms with E-state index in [4.69, 9.17) is 0 Å². The SMILES string of the molecule is CCC(CO)(CCCN(CCC(C)C)C1CC1)NC. The van der Waals surface area contributed by atoms with Crippen LogP contribution in [0.4, 0.5) is 0 Å². The quantitative estimate of drug-likeness (QED) is 0.606. The maximum atomic E-state index is 9.56. The van der Waals surface area contributed by atoms with Gasteiger partial charge in [0.2, 0.25) is 0 Å². The van der Waals surface area contributed by atoms with Crippen molar-refractivity contribution in [3.05, 3.63) is 0 Å². The topological polar surface area (TPSA) is 35.5 Å². The third kappa shape index (κ3) is 5.80. The van der Waals surface area contributed by atoms with Gasteiger partial charge in [0, 0.05) is 11.6 Å². The van der Waals surface area contributed by atoms with E-state index in [1.54, 1.807) is 0 Å². The summed E-state index contributed by atoms with van der Waals surface area (Å²) in [5, 5.41) is 12.9. The van der Waals surface area contributed by atoms with Crippen molar-refractivity contribution in [2.45, 2.75) is 70.9 Å². The first-order valence-electron chi connectivity index (χ1n) is 8.10. The van der Waals surface area contributed by atoms with Crippen LogP contribution in [0, 0.1) is 5.92 Å². The Balaban J connectivity index is 2.31. The number of aliphatic hydroxyl groups excluding tert-OH is 1. The molecule has 2 N–H and O–H groups in total. The van der Waals surface area contributed by atoms with Gasteiger partial charge in [-0.2, -0.15) is 0 Å². The van der Waals surface area contributed by atoms with Crippen LogP contribution in [0.25, 0.3) is 0 Å². The molecule has 3 nitrogen and oxygen atoms in total. The van der Waals surface area contributed by atoms with Gasteiger partial charge in [-0.1, -0.05) is 20.8 Å². The molecule has 1 aliphatic rings. The predicted octanol–water partition coefficient (Wildman–Crippen LogP) is 2.64. The van der Waals surface area contributed by atoms with Gasteiger partial charge in [0.25, 0.3) is 0 Å². The van der Waals surface area contributed by atoms with E-state index in [9.17, 15) is 5.11 Å². The summed E-state index contributed by atoms with van der Waals surface area (Å²) < 4.78 is 0. The highest BCUT2D eigenvalue weighted by atomic mass is 16.3. The van der Waals surface area contributed by atoms with Gasteiger partial charge in [-0.25, -0.2) is 0 Å². The summed E-state index contributed by atoms with van der Waals surface area (Å²) in [6.45, 7) is 9.46. The molecule has 0 spiro atoms. The Morgan fingerprint density at radius 3 is 2.42 bits per heavy atom. The van der Waals surface area contributed by atoms with E-state index in [0.29, 0.717) is 0 Å². The Morgan fingerprint density at radius 2 is 2.00 bits per heavy atom. The maximum Gasteiger partial charge on any atom is 0.0613 e. The van der Waals surface area contributed by atoms with Gasteiger partial charge in [-0.3, -0.25) is 0 Å². The monoisotopic (exact) mass is 270 g/mol. The highest BCUT2D eigenvalue weighted by molar-refractivity contribution is 4.87. The third-order valence-electron chi connectivity index (χ3n) is 4.67. The van der Waals surface area contributed by atoms with Gasteiger partial charge in [0.05, 0.1) is 6.61 Å². The van der Waals surface area contributed by atoms with Gasteiger partial charge in [0.15, 0.2) is 0 Å². The highest BCUT2D eigenvalue weighted by Gasteiger charge is 2.30. The van der Waals surface area contributed by atoms with Crippen LogP contribution >= 0.6 is 0 Å². The molecule has 1 saturated carbocycles. The Morgan fingerprint density at radius 1 is 1.32 bits per heavy atom. The zero-order valence-electron chi connectivity index (χ0n) is 13.4. The summed E-state index contributed by atoms with van der Waals surface area (Å²) >= 11 is 0. The number of hydrogen-bond donors (Lipinski definition) is 2. The minimum absolute atomic E-state index is 0.0622. The van der Waals surface area contributed by atoms with E-state index in [1.807, 2.05) is 7.05 Å². The van der Waals surface area contributed by atoms with Gasteiger partial charge in [-0.15, -0.1) is 0 Å². The molecule has 19 heavy (non-hydrogen) atoms. The first-order valence-corrected chi connectivity index (χ1v) is 8.10. The van der Waals surface area contributed by atoms with Crippen LogP contribution in [-0.4, -0.2) is 48.3 Å². The van der Waals surface area contributed by atoms with Crippen LogP contribution in [0.2, 0.25) is 0 Å². The lowest BCUT2D eigenvalue weighted by molar-refractivity contribution is 0.144. The second-order valence-corrected chi connectivity index (χ2v) is 6.60. The lowest BCUT2D eigenvalue weighted by Gasteiger charge is -2.32. The third-order valence-corrected chi connectivity index (χ3v) is 4.67. The standard InChI is InChI=1S/C16H34N2O/c1-5-16(13-19,17-4)10-6-11-18(15-7-8-15)12-9-14(2)3/h14-15,17,19H,5-13H2,1-4H3. The van der Waals surface area contributed by atoms with Gasteiger partial charge in [-0.05, 0) is 64.6 Å². The molecule has 1 rings (SSSR count). The number of aliphatic hydroxyl groups is 1. The fourth-order valence-electron chi connectivity index (χ4n) is 2.71. The van der Waals surface area contributed by atoms with E-state index in [2.05, 4.69) is 31.0 Å². The molecule has 0 aromatic heterocycles. The lowest BCUT2D eigenvalue weighted by atomic mass is 9.91. The largest absolute Gasteiger partial charge is 0.394 e. The van der Waals surface area contributed by atoms with Gasteiger partial charge < -0.3 is 15.3 Å². The second-order valence-electron chi connectivity index (χ2n) is 6.60. The molecule has 0 aromatic rings.